The second kappa shape index (κ2) is 4.62. The SMILES string of the molecule is CCNS(=O)(=O)NCCO. The van der Waals surface area contributed by atoms with Crippen molar-refractivity contribution in [3.8, 4) is 0 Å². The van der Waals surface area contributed by atoms with E-state index in [-0.39, 0.29) is 13.2 Å². The molecule has 0 atom stereocenters. The van der Waals surface area contributed by atoms with Crippen molar-refractivity contribution in [2.75, 3.05) is 19.7 Å². The molecule has 0 unspecified atom stereocenters. The predicted molar refractivity (Wildman–Crippen MR) is 37.7 cm³/mol. The molecule has 0 radical (unpaired) electrons. The van der Waals surface area contributed by atoms with Gasteiger partial charge in [0.05, 0.1) is 6.61 Å². The summed E-state index contributed by atoms with van der Waals surface area (Å²) in [7, 11) is -3.35. The molecule has 3 N–H and O–H groups in total. The van der Waals surface area contributed by atoms with Gasteiger partial charge in [0, 0.05) is 13.1 Å². The van der Waals surface area contributed by atoms with Crippen LogP contribution in [0.4, 0.5) is 0 Å². The van der Waals surface area contributed by atoms with Gasteiger partial charge in [-0.2, -0.15) is 8.42 Å². The van der Waals surface area contributed by atoms with E-state index in [2.05, 4.69) is 9.44 Å². The number of aliphatic hydroxyl groups is 1. The Morgan fingerprint density at radius 2 is 2.00 bits per heavy atom. The monoisotopic (exact) mass is 168 g/mol. The highest BCUT2D eigenvalue weighted by molar-refractivity contribution is 7.87. The van der Waals surface area contributed by atoms with Gasteiger partial charge in [-0.25, -0.2) is 9.44 Å². The minimum Gasteiger partial charge on any atom is -0.395 e. The van der Waals surface area contributed by atoms with Gasteiger partial charge in [0.1, 0.15) is 0 Å². The van der Waals surface area contributed by atoms with Crippen LogP contribution in [-0.4, -0.2) is 33.2 Å². The van der Waals surface area contributed by atoms with Crippen LogP contribution in [0.2, 0.25) is 0 Å². The number of rotatable bonds is 5. The summed E-state index contributed by atoms with van der Waals surface area (Å²) in [5.41, 5.74) is 0. The maximum Gasteiger partial charge on any atom is 0.276 e. The van der Waals surface area contributed by atoms with Crippen LogP contribution in [0.25, 0.3) is 0 Å². The average molecular weight is 168 g/mol. The molecule has 5 nitrogen and oxygen atoms in total. The summed E-state index contributed by atoms with van der Waals surface area (Å²) in [6.07, 6.45) is 0. The van der Waals surface area contributed by atoms with E-state index in [9.17, 15) is 8.42 Å². The Morgan fingerprint density at radius 1 is 1.40 bits per heavy atom. The van der Waals surface area contributed by atoms with Crippen LogP contribution in [0.3, 0.4) is 0 Å². The number of nitrogens with one attached hydrogen (secondary N) is 2. The van der Waals surface area contributed by atoms with Crippen molar-refractivity contribution < 1.29 is 13.5 Å². The molecule has 0 aliphatic heterocycles. The fourth-order valence-electron chi connectivity index (χ4n) is 0.421. The van der Waals surface area contributed by atoms with Gasteiger partial charge >= 0.3 is 0 Å². The Hall–Kier alpha value is -0.170. The molecule has 0 amide bonds. The molecule has 62 valence electrons. The predicted octanol–water partition coefficient (Wildman–Crippen LogP) is -1.58. The van der Waals surface area contributed by atoms with E-state index < -0.39 is 10.2 Å². The van der Waals surface area contributed by atoms with E-state index in [4.69, 9.17) is 5.11 Å². The zero-order chi connectivity index (χ0) is 8.04. The molecule has 0 saturated carbocycles. The third-order valence-corrected chi connectivity index (χ3v) is 1.99. The van der Waals surface area contributed by atoms with Crippen LogP contribution in [-0.2, 0) is 10.2 Å². The minimum atomic E-state index is -3.35. The third-order valence-electron chi connectivity index (χ3n) is 0.738. The van der Waals surface area contributed by atoms with Crippen molar-refractivity contribution in [2.24, 2.45) is 0 Å². The molecule has 0 aromatic carbocycles. The second-order valence-electron chi connectivity index (χ2n) is 1.62. The molecule has 0 aliphatic rings. The summed E-state index contributed by atoms with van der Waals surface area (Å²) < 4.78 is 25.6. The van der Waals surface area contributed by atoms with Gasteiger partial charge in [0.2, 0.25) is 0 Å². The summed E-state index contributed by atoms with van der Waals surface area (Å²) in [5.74, 6) is 0. The molecule has 0 saturated heterocycles. The van der Waals surface area contributed by atoms with Crippen LogP contribution in [0.1, 0.15) is 6.92 Å². The third kappa shape index (κ3) is 4.68. The van der Waals surface area contributed by atoms with E-state index in [0.717, 1.165) is 0 Å². The molecule has 0 aromatic heterocycles. The van der Waals surface area contributed by atoms with Gasteiger partial charge in [-0.1, -0.05) is 6.92 Å². The van der Waals surface area contributed by atoms with E-state index in [1.807, 2.05) is 0 Å². The van der Waals surface area contributed by atoms with Gasteiger partial charge in [-0.3, -0.25) is 0 Å². The van der Waals surface area contributed by atoms with Crippen molar-refractivity contribution >= 4 is 10.2 Å². The van der Waals surface area contributed by atoms with Crippen molar-refractivity contribution in [1.29, 1.82) is 0 Å². The maximum atomic E-state index is 10.7. The molecule has 0 heterocycles. The Kier molecular flexibility index (Phi) is 4.54. The first-order valence-corrected chi connectivity index (χ1v) is 4.46. The zero-order valence-corrected chi connectivity index (χ0v) is 6.61. The highest BCUT2D eigenvalue weighted by atomic mass is 32.2. The molecular formula is C4H12N2O3S. The smallest absolute Gasteiger partial charge is 0.276 e. The first kappa shape index (κ1) is 9.83. The molecule has 0 aromatic rings. The number of aliphatic hydroxyl groups excluding tert-OH is 1. The summed E-state index contributed by atoms with van der Waals surface area (Å²) >= 11 is 0. The van der Waals surface area contributed by atoms with E-state index in [1.54, 1.807) is 6.92 Å². The van der Waals surface area contributed by atoms with Crippen LogP contribution >= 0.6 is 0 Å². The molecule has 0 spiro atoms. The standard InChI is InChI=1S/C4H12N2O3S/c1-2-5-10(8,9)6-3-4-7/h5-7H,2-4H2,1H3. The lowest BCUT2D eigenvalue weighted by atomic mass is 10.8. The van der Waals surface area contributed by atoms with Gasteiger partial charge in [-0.15, -0.1) is 0 Å². The van der Waals surface area contributed by atoms with Gasteiger partial charge in [0.15, 0.2) is 0 Å². The molecule has 0 fully saturated rings. The van der Waals surface area contributed by atoms with Gasteiger partial charge in [0.25, 0.3) is 10.2 Å². The van der Waals surface area contributed by atoms with Crippen LogP contribution in [0.15, 0.2) is 0 Å². The molecular weight excluding hydrogens is 156 g/mol. The van der Waals surface area contributed by atoms with Gasteiger partial charge in [-0.05, 0) is 0 Å². The molecule has 0 bridgehead atoms. The Balaban J connectivity index is 3.65. The van der Waals surface area contributed by atoms with E-state index in [0.29, 0.717) is 6.54 Å². The average Bonchev–Trinajstić information content (AvgIpc) is 1.84. The number of hydrogen-bond donors (Lipinski definition) is 3. The molecule has 6 heteroatoms. The zero-order valence-electron chi connectivity index (χ0n) is 5.79. The van der Waals surface area contributed by atoms with Crippen molar-refractivity contribution in [2.45, 2.75) is 6.92 Å². The molecule has 0 aliphatic carbocycles. The van der Waals surface area contributed by atoms with Crippen LogP contribution < -0.4 is 9.44 Å². The molecule has 0 rings (SSSR count). The summed E-state index contributed by atoms with van der Waals surface area (Å²) in [6.45, 7) is 1.89. The fraction of sp³-hybridized carbons (Fsp3) is 1.00. The highest BCUT2D eigenvalue weighted by Crippen LogP contribution is 1.72. The Morgan fingerprint density at radius 3 is 2.40 bits per heavy atom. The van der Waals surface area contributed by atoms with Crippen molar-refractivity contribution in [3.63, 3.8) is 0 Å². The minimum absolute atomic E-state index is 0.0509. The first-order valence-electron chi connectivity index (χ1n) is 2.97. The normalized spacial score (nSPS) is 11.8. The second-order valence-corrected chi connectivity index (χ2v) is 3.20. The molecule has 10 heavy (non-hydrogen) atoms. The highest BCUT2D eigenvalue weighted by Gasteiger charge is 2.03. The quantitative estimate of drug-likeness (QED) is 0.463. The topological polar surface area (TPSA) is 78.4 Å². The lowest BCUT2D eigenvalue weighted by Gasteiger charge is -2.03. The van der Waals surface area contributed by atoms with Crippen LogP contribution in [0, 0.1) is 0 Å². The Labute approximate surface area is 60.6 Å². The first-order chi connectivity index (χ1) is 4.62. The van der Waals surface area contributed by atoms with E-state index in [1.165, 1.54) is 0 Å². The Bertz CT molecular complexity index is 165. The lowest BCUT2D eigenvalue weighted by molar-refractivity contribution is 0.300. The summed E-state index contributed by atoms with van der Waals surface area (Å²) in [4.78, 5) is 0. The van der Waals surface area contributed by atoms with Gasteiger partial charge < -0.3 is 5.11 Å². The number of hydrogen-bond acceptors (Lipinski definition) is 3. The summed E-state index contributed by atoms with van der Waals surface area (Å²) in [5, 5.41) is 8.24. The van der Waals surface area contributed by atoms with Crippen molar-refractivity contribution in [1.82, 2.24) is 9.44 Å². The summed E-state index contributed by atoms with van der Waals surface area (Å²) in [6, 6.07) is 0. The van der Waals surface area contributed by atoms with Crippen molar-refractivity contribution in [3.05, 3.63) is 0 Å². The fourth-order valence-corrected chi connectivity index (χ4v) is 1.26. The van der Waals surface area contributed by atoms with Crippen LogP contribution in [0.5, 0.6) is 0 Å². The lowest BCUT2D eigenvalue weighted by Crippen LogP contribution is -2.37. The largest absolute Gasteiger partial charge is 0.395 e. The van der Waals surface area contributed by atoms with E-state index >= 15 is 0 Å². The maximum absolute atomic E-state index is 10.7.